The maximum Gasteiger partial charge on any atom is 0.248 e. The summed E-state index contributed by atoms with van der Waals surface area (Å²) in [6.07, 6.45) is 4.77. The molecule has 1 aromatic heterocycles. The van der Waals surface area contributed by atoms with Crippen molar-refractivity contribution in [2.45, 2.75) is 59.3 Å². The van der Waals surface area contributed by atoms with Gasteiger partial charge in [-0.3, -0.25) is 4.79 Å². The highest BCUT2D eigenvalue weighted by molar-refractivity contribution is 7.89. The first-order valence-electron chi connectivity index (χ1n) is 12.6. The number of hydrogen-bond donors (Lipinski definition) is 1. The highest BCUT2D eigenvalue weighted by Gasteiger charge is 2.37. The lowest BCUT2D eigenvalue weighted by Gasteiger charge is -2.31. The van der Waals surface area contributed by atoms with Crippen LogP contribution in [-0.4, -0.2) is 36.9 Å². The summed E-state index contributed by atoms with van der Waals surface area (Å²) >= 11 is 0. The summed E-state index contributed by atoms with van der Waals surface area (Å²) in [5.41, 5.74) is 7.54. The molecule has 7 nitrogen and oxygen atoms in total. The second-order valence-electron chi connectivity index (χ2n) is 10.1. The lowest BCUT2D eigenvalue weighted by molar-refractivity contribution is -0.120. The van der Waals surface area contributed by atoms with Gasteiger partial charge in [-0.1, -0.05) is 46.6 Å². The van der Waals surface area contributed by atoms with Crippen LogP contribution in [0, 0.1) is 47.5 Å². The van der Waals surface area contributed by atoms with Gasteiger partial charge in [-0.2, -0.15) is 4.31 Å². The second kappa shape index (κ2) is 10.6. The third-order valence-electron chi connectivity index (χ3n) is 6.97. The van der Waals surface area contributed by atoms with Crippen molar-refractivity contribution in [3.05, 3.63) is 75.2 Å². The molecule has 1 aliphatic rings. The standard InChI is InChI=1S/C29H35N3O4S/c1-18-9-11-26(22(5)14-18)30-29(33)24-8-7-13-32(17-24)37(34,35)28-23(6)31-36-27(28)12-10-25-20(3)15-19(2)16-21(25)4/h9-12,14-16,24H,7-8,13,17H2,1-6H3,(H,30,33)/b12-10+/t24-/m0/s1. The molecule has 8 heteroatoms. The van der Waals surface area contributed by atoms with Gasteiger partial charge in [-0.25, -0.2) is 8.42 Å². The van der Waals surface area contributed by atoms with E-state index in [1.807, 2.05) is 58.9 Å². The van der Waals surface area contributed by atoms with Gasteiger partial charge in [-0.15, -0.1) is 0 Å². The van der Waals surface area contributed by atoms with E-state index in [4.69, 9.17) is 4.52 Å². The average Bonchev–Trinajstić information content (AvgIpc) is 3.21. The molecule has 1 fully saturated rings. The number of carbonyl (C=O) groups is 1. The summed E-state index contributed by atoms with van der Waals surface area (Å²) in [5, 5.41) is 6.95. The largest absolute Gasteiger partial charge is 0.355 e. The van der Waals surface area contributed by atoms with Gasteiger partial charge in [0.2, 0.25) is 15.9 Å². The maximum atomic E-state index is 13.8. The van der Waals surface area contributed by atoms with Crippen LogP contribution in [-0.2, 0) is 14.8 Å². The molecular formula is C29H35N3O4S. The minimum absolute atomic E-state index is 0.0570. The molecule has 3 aromatic rings. The van der Waals surface area contributed by atoms with E-state index in [1.54, 1.807) is 13.0 Å². The van der Waals surface area contributed by atoms with Crippen molar-refractivity contribution in [2.75, 3.05) is 18.4 Å². The van der Waals surface area contributed by atoms with Gasteiger partial charge in [0.15, 0.2) is 10.7 Å². The van der Waals surface area contributed by atoms with Gasteiger partial charge in [-0.05, 0) is 88.8 Å². The lowest BCUT2D eigenvalue weighted by Crippen LogP contribution is -2.44. The zero-order chi connectivity index (χ0) is 26.9. The first-order valence-corrected chi connectivity index (χ1v) is 14.0. The summed E-state index contributed by atoms with van der Waals surface area (Å²) in [7, 11) is -3.92. The van der Waals surface area contributed by atoms with Gasteiger partial charge >= 0.3 is 0 Å². The third-order valence-corrected chi connectivity index (χ3v) is 8.99. The number of hydrogen-bond acceptors (Lipinski definition) is 5. The van der Waals surface area contributed by atoms with Crippen LogP contribution in [0.5, 0.6) is 0 Å². The van der Waals surface area contributed by atoms with Crippen LogP contribution in [0.1, 0.15) is 57.7 Å². The number of piperidine rings is 1. The van der Waals surface area contributed by atoms with Crippen molar-refractivity contribution in [2.24, 2.45) is 5.92 Å². The maximum absolute atomic E-state index is 13.8. The number of amides is 1. The van der Waals surface area contributed by atoms with E-state index < -0.39 is 15.9 Å². The normalized spacial score (nSPS) is 16.9. The Bertz CT molecular complexity index is 1450. The Hall–Kier alpha value is -3.23. The number of sulfonamides is 1. The average molecular weight is 522 g/mol. The smallest absolute Gasteiger partial charge is 0.248 e. The van der Waals surface area contributed by atoms with Crippen molar-refractivity contribution in [1.29, 1.82) is 0 Å². The molecule has 37 heavy (non-hydrogen) atoms. The monoisotopic (exact) mass is 521 g/mol. The van der Waals surface area contributed by atoms with Gasteiger partial charge < -0.3 is 9.84 Å². The number of nitrogens with one attached hydrogen (secondary N) is 1. The third kappa shape index (κ3) is 5.70. The lowest BCUT2D eigenvalue weighted by atomic mass is 9.98. The number of rotatable bonds is 6. The molecule has 1 amide bonds. The Morgan fingerprint density at radius 2 is 1.68 bits per heavy atom. The molecule has 0 unspecified atom stereocenters. The van der Waals surface area contributed by atoms with E-state index in [-0.39, 0.29) is 23.1 Å². The van der Waals surface area contributed by atoms with Crippen molar-refractivity contribution in [3.8, 4) is 0 Å². The van der Waals surface area contributed by atoms with Crippen LogP contribution in [0.4, 0.5) is 5.69 Å². The number of nitrogens with zero attached hydrogens (tertiary/aromatic N) is 2. The highest BCUT2D eigenvalue weighted by atomic mass is 32.2. The Morgan fingerprint density at radius 3 is 2.35 bits per heavy atom. The molecule has 0 bridgehead atoms. The first-order chi connectivity index (χ1) is 17.5. The van der Waals surface area contributed by atoms with Gasteiger partial charge in [0.1, 0.15) is 5.69 Å². The fourth-order valence-electron chi connectivity index (χ4n) is 5.10. The predicted octanol–water partition coefficient (Wildman–Crippen LogP) is 5.73. The van der Waals surface area contributed by atoms with E-state index in [1.165, 1.54) is 9.87 Å². The minimum atomic E-state index is -3.92. The van der Waals surface area contributed by atoms with E-state index in [9.17, 15) is 13.2 Å². The zero-order valence-corrected chi connectivity index (χ0v) is 23.2. The number of aromatic nitrogens is 1. The number of benzene rings is 2. The molecule has 1 atom stereocenters. The van der Waals surface area contributed by atoms with E-state index >= 15 is 0 Å². The molecule has 4 rings (SSSR count). The van der Waals surface area contributed by atoms with Crippen molar-refractivity contribution >= 4 is 33.8 Å². The predicted molar refractivity (Wildman–Crippen MR) is 147 cm³/mol. The quantitative estimate of drug-likeness (QED) is 0.447. The fourth-order valence-corrected chi connectivity index (χ4v) is 6.88. The summed E-state index contributed by atoms with van der Waals surface area (Å²) in [6, 6.07) is 10.0. The molecule has 0 radical (unpaired) electrons. The van der Waals surface area contributed by atoms with E-state index in [0.717, 1.165) is 33.5 Å². The molecule has 1 aliphatic heterocycles. The van der Waals surface area contributed by atoms with Crippen molar-refractivity contribution in [3.63, 3.8) is 0 Å². The molecule has 1 saturated heterocycles. The molecule has 196 valence electrons. The number of carbonyl (C=O) groups excluding carboxylic acids is 1. The van der Waals surface area contributed by atoms with Crippen LogP contribution >= 0.6 is 0 Å². The van der Waals surface area contributed by atoms with Gasteiger partial charge in [0.05, 0.1) is 5.92 Å². The Balaban J connectivity index is 1.56. The molecule has 1 N–H and O–H groups in total. The SMILES string of the molecule is Cc1ccc(NC(=O)[C@H]2CCCN(S(=O)(=O)c3c(C)noc3/C=C/c3c(C)cc(C)cc3C)C2)c(C)c1. The fraction of sp³-hybridized carbons (Fsp3) is 0.379. The summed E-state index contributed by atoms with van der Waals surface area (Å²) in [6.45, 7) is 12.1. The van der Waals surface area contributed by atoms with E-state index in [0.29, 0.717) is 25.1 Å². The Labute approximate surface area is 219 Å². The highest BCUT2D eigenvalue weighted by Crippen LogP contribution is 2.30. The van der Waals surface area contributed by atoms with Crippen LogP contribution in [0.3, 0.4) is 0 Å². The Kier molecular flexibility index (Phi) is 7.71. The topological polar surface area (TPSA) is 92.5 Å². The van der Waals surface area contributed by atoms with Gasteiger partial charge in [0.25, 0.3) is 0 Å². The second-order valence-corrected chi connectivity index (χ2v) is 12.0. The van der Waals surface area contributed by atoms with Crippen LogP contribution < -0.4 is 5.32 Å². The Morgan fingerprint density at radius 1 is 1.00 bits per heavy atom. The summed E-state index contributed by atoms with van der Waals surface area (Å²) in [4.78, 5) is 13.1. The number of aryl methyl sites for hydroxylation is 6. The first kappa shape index (κ1) is 26.8. The molecule has 2 heterocycles. The number of anilines is 1. The zero-order valence-electron chi connectivity index (χ0n) is 22.4. The van der Waals surface area contributed by atoms with Crippen molar-refractivity contribution < 1.29 is 17.7 Å². The summed E-state index contributed by atoms with van der Waals surface area (Å²) < 4.78 is 34.4. The van der Waals surface area contributed by atoms with Crippen LogP contribution in [0.15, 0.2) is 39.8 Å². The van der Waals surface area contributed by atoms with Crippen molar-refractivity contribution in [1.82, 2.24) is 9.46 Å². The van der Waals surface area contributed by atoms with Crippen LogP contribution in [0.2, 0.25) is 0 Å². The minimum Gasteiger partial charge on any atom is -0.355 e. The molecular weight excluding hydrogens is 486 g/mol. The summed E-state index contributed by atoms with van der Waals surface area (Å²) in [5.74, 6) is -0.417. The van der Waals surface area contributed by atoms with Gasteiger partial charge in [0, 0.05) is 18.8 Å². The molecule has 2 aromatic carbocycles. The van der Waals surface area contributed by atoms with E-state index in [2.05, 4.69) is 22.6 Å². The molecule has 0 aliphatic carbocycles. The van der Waals surface area contributed by atoms with Crippen LogP contribution in [0.25, 0.3) is 12.2 Å². The molecule has 0 saturated carbocycles. The molecule has 0 spiro atoms.